The van der Waals surface area contributed by atoms with Crippen molar-refractivity contribution >= 4 is 29.0 Å². The second-order valence-corrected chi connectivity index (χ2v) is 9.54. The molecule has 0 spiro atoms. The summed E-state index contributed by atoms with van der Waals surface area (Å²) in [6, 6.07) is 9.60. The summed E-state index contributed by atoms with van der Waals surface area (Å²) in [5, 5.41) is 5.03. The van der Waals surface area contributed by atoms with Gasteiger partial charge in [0.15, 0.2) is 0 Å². The van der Waals surface area contributed by atoms with E-state index < -0.39 is 5.60 Å². The standard InChI is InChI=1S/C23H28ClN5O2/c1-15-13-27(14-16(2)29(15)22(30)31-23(3,4)5)21-11-17(24)10-19(26-21)18-12-25-28-9-7-6-8-20(18)28/h6-12,15-16H,13-14H2,1-5H3/t15-,16+. The van der Waals surface area contributed by atoms with E-state index >= 15 is 0 Å². The van der Waals surface area contributed by atoms with Crippen LogP contribution in [0.5, 0.6) is 0 Å². The van der Waals surface area contributed by atoms with E-state index in [1.54, 1.807) is 0 Å². The van der Waals surface area contributed by atoms with Crippen LogP contribution in [0, 0.1) is 0 Å². The molecule has 4 rings (SSSR count). The number of fused-ring (bicyclic) bond motifs is 1. The SMILES string of the molecule is C[C@@H]1CN(c2cc(Cl)cc(-c3cnn4ccccc34)n2)C[C@H](C)N1C(=O)OC(C)(C)C. The molecule has 0 N–H and O–H groups in total. The van der Waals surface area contributed by atoms with Crippen molar-refractivity contribution < 1.29 is 9.53 Å². The van der Waals surface area contributed by atoms with Crippen molar-refractivity contribution in [3.63, 3.8) is 0 Å². The summed E-state index contributed by atoms with van der Waals surface area (Å²) in [6.45, 7) is 11.0. The van der Waals surface area contributed by atoms with E-state index in [4.69, 9.17) is 21.3 Å². The predicted octanol–water partition coefficient (Wildman–Crippen LogP) is 4.88. The molecule has 2 atom stereocenters. The summed E-state index contributed by atoms with van der Waals surface area (Å²) in [7, 11) is 0. The van der Waals surface area contributed by atoms with Crippen LogP contribution in [0.1, 0.15) is 34.6 Å². The van der Waals surface area contributed by atoms with Crippen molar-refractivity contribution in [2.45, 2.75) is 52.3 Å². The van der Waals surface area contributed by atoms with Crippen LogP contribution in [-0.4, -0.2) is 56.4 Å². The fourth-order valence-corrected chi connectivity index (χ4v) is 4.30. The molecule has 164 valence electrons. The van der Waals surface area contributed by atoms with Crippen molar-refractivity contribution in [2.24, 2.45) is 0 Å². The molecule has 31 heavy (non-hydrogen) atoms. The minimum atomic E-state index is -0.522. The zero-order chi connectivity index (χ0) is 22.3. The molecule has 4 heterocycles. The van der Waals surface area contributed by atoms with Crippen LogP contribution in [-0.2, 0) is 4.74 Å². The van der Waals surface area contributed by atoms with Crippen molar-refractivity contribution in [3.8, 4) is 11.3 Å². The lowest BCUT2D eigenvalue weighted by atomic mass is 10.1. The molecule has 0 aromatic carbocycles. The molecule has 1 fully saturated rings. The predicted molar refractivity (Wildman–Crippen MR) is 123 cm³/mol. The Morgan fingerprint density at radius 2 is 1.87 bits per heavy atom. The lowest BCUT2D eigenvalue weighted by Crippen LogP contribution is -2.59. The normalized spacial score (nSPS) is 19.7. The maximum absolute atomic E-state index is 12.7. The van der Waals surface area contributed by atoms with Gasteiger partial charge in [0.05, 0.1) is 29.5 Å². The molecule has 7 nitrogen and oxygen atoms in total. The number of rotatable bonds is 2. The molecule has 3 aromatic rings. The van der Waals surface area contributed by atoms with Crippen LogP contribution in [0.25, 0.3) is 16.8 Å². The van der Waals surface area contributed by atoms with Gasteiger partial charge in [0.25, 0.3) is 0 Å². The zero-order valence-electron chi connectivity index (χ0n) is 18.5. The molecule has 1 aliphatic rings. The average Bonchev–Trinajstić information content (AvgIpc) is 3.09. The Bertz CT molecular complexity index is 1090. The van der Waals surface area contributed by atoms with E-state index in [0.29, 0.717) is 18.1 Å². The summed E-state index contributed by atoms with van der Waals surface area (Å²) in [5.74, 6) is 0.792. The van der Waals surface area contributed by atoms with E-state index in [0.717, 1.165) is 22.6 Å². The van der Waals surface area contributed by atoms with Gasteiger partial charge in [-0.15, -0.1) is 0 Å². The summed E-state index contributed by atoms with van der Waals surface area (Å²) >= 11 is 6.48. The number of piperazine rings is 1. The molecular formula is C23H28ClN5O2. The highest BCUT2D eigenvalue weighted by Crippen LogP contribution is 2.30. The van der Waals surface area contributed by atoms with Gasteiger partial charge in [0.2, 0.25) is 0 Å². The van der Waals surface area contributed by atoms with Gasteiger partial charge in [0, 0.05) is 29.9 Å². The maximum Gasteiger partial charge on any atom is 0.410 e. The summed E-state index contributed by atoms with van der Waals surface area (Å²) in [4.78, 5) is 21.6. The van der Waals surface area contributed by atoms with Gasteiger partial charge in [-0.05, 0) is 58.9 Å². The molecule has 0 unspecified atom stereocenters. The monoisotopic (exact) mass is 441 g/mol. The van der Waals surface area contributed by atoms with Gasteiger partial charge < -0.3 is 9.64 Å². The zero-order valence-corrected chi connectivity index (χ0v) is 19.3. The highest BCUT2D eigenvalue weighted by Gasteiger charge is 2.36. The van der Waals surface area contributed by atoms with Crippen LogP contribution in [0.15, 0.2) is 42.7 Å². The molecule has 0 radical (unpaired) electrons. The third-order valence-corrected chi connectivity index (χ3v) is 5.54. The summed E-state index contributed by atoms with van der Waals surface area (Å²) < 4.78 is 7.43. The van der Waals surface area contributed by atoms with Gasteiger partial charge in [0.1, 0.15) is 11.4 Å². The van der Waals surface area contributed by atoms with E-state index in [-0.39, 0.29) is 18.2 Å². The second-order valence-electron chi connectivity index (χ2n) is 9.11. The molecule has 1 saturated heterocycles. The number of ether oxygens (including phenoxy) is 1. The quantitative estimate of drug-likeness (QED) is 0.566. The lowest BCUT2D eigenvalue weighted by molar-refractivity contribution is 0.00560. The van der Waals surface area contributed by atoms with Gasteiger partial charge in [-0.2, -0.15) is 5.10 Å². The number of pyridine rings is 2. The molecule has 1 aliphatic heterocycles. The number of aromatic nitrogens is 3. The number of hydrogen-bond acceptors (Lipinski definition) is 5. The van der Waals surface area contributed by atoms with Gasteiger partial charge >= 0.3 is 6.09 Å². The highest BCUT2D eigenvalue weighted by atomic mass is 35.5. The Hall–Kier alpha value is -2.80. The molecule has 3 aromatic heterocycles. The first-order chi connectivity index (χ1) is 14.6. The number of nitrogens with zero attached hydrogens (tertiary/aromatic N) is 5. The van der Waals surface area contributed by atoms with Crippen LogP contribution in [0.2, 0.25) is 5.02 Å². The second kappa shape index (κ2) is 8.04. The molecule has 0 bridgehead atoms. The van der Waals surface area contributed by atoms with Crippen molar-refractivity contribution in [1.29, 1.82) is 0 Å². The molecular weight excluding hydrogens is 414 g/mol. The average molecular weight is 442 g/mol. The van der Waals surface area contributed by atoms with Crippen LogP contribution >= 0.6 is 11.6 Å². The minimum absolute atomic E-state index is 0.0280. The smallest absolute Gasteiger partial charge is 0.410 e. The third-order valence-electron chi connectivity index (χ3n) is 5.33. The Kier molecular flexibility index (Phi) is 5.56. The first-order valence-corrected chi connectivity index (χ1v) is 10.9. The minimum Gasteiger partial charge on any atom is -0.444 e. The molecule has 1 amide bonds. The van der Waals surface area contributed by atoms with Crippen LogP contribution < -0.4 is 4.90 Å². The maximum atomic E-state index is 12.7. The topological polar surface area (TPSA) is 63.0 Å². The van der Waals surface area contributed by atoms with Crippen molar-refractivity contribution in [2.75, 3.05) is 18.0 Å². The van der Waals surface area contributed by atoms with Crippen molar-refractivity contribution in [1.82, 2.24) is 19.5 Å². The van der Waals surface area contributed by atoms with E-state index in [2.05, 4.69) is 10.00 Å². The van der Waals surface area contributed by atoms with Gasteiger partial charge in [-0.25, -0.2) is 14.3 Å². The first kappa shape index (κ1) is 21.4. The van der Waals surface area contributed by atoms with Gasteiger partial charge in [-0.1, -0.05) is 17.7 Å². The van der Waals surface area contributed by atoms with E-state index in [9.17, 15) is 4.79 Å². The van der Waals surface area contributed by atoms with Crippen LogP contribution in [0.4, 0.5) is 10.6 Å². The fourth-order valence-electron chi connectivity index (χ4n) is 4.10. The number of hydrogen-bond donors (Lipinski definition) is 0. The Labute approximate surface area is 187 Å². The first-order valence-electron chi connectivity index (χ1n) is 10.5. The highest BCUT2D eigenvalue weighted by molar-refractivity contribution is 6.31. The number of amides is 1. The molecule has 0 saturated carbocycles. The number of carbonyl (C=O) groups excluding carboxylic acids is 1. The summed E-state index contributed by atoms with van der Waals surface area (Å²) in [5.41, 5.74) is 2.15. The number of halogens is 1. The number of carbonyl (C=O) groups is 1. The largest absolute Gasteiger partial charge is 0.444 e. The Morgan fingerprint density at radius 3 is 2.55 bits per heavy atom. The van der Waals surface area contributed by atoms with E-state index in [1.165, 1.54) is 0 Å². The number of anilines is 1. The Balaban J connectivity index is 1.60. The summed E-state index contributed by atoms with van der Waals surface area (Å²) in [6.07, 6.45) is 3.44. The Morgan fingerprint density at radius 1 is 1.16 bits per heavy atom. The van der Waals surface area contributed by atoms with E-state index in [1.807, 2.05) is 86.8 Å². The molecule has 8 heteroatoms. The molecule has 0 aliphatic carbocycles. The fraction of sp³-hybridized carbons (Fsp3) is 0.435. The third kappa shape index (κ3) is 4.46. The van der Waals surface area contributed by atoms with Gasteiger partial charge in [-0.3, -0.25) is 4.90 Å². The lowest BCUT2D eigenvalue weighted by Gasteiger charge is -2.45. The van der Waals surface area contributed by atoms with Crippen molar-refractivity contribution in [3.05, 3.63) is 47.7 Å². The van der Waals surface area contributed by atoms with Crippen LogP contribution in [0.3, 0.4) is 0 Å².